The van der Waals surface area contributed by atoms with Crippen molar-refractivity contribution in [3.63, 3.8) is 0 Å². The van der Waals surface area contributed by atoms with Crippen molar-refractivity contribution in [3.05, 3.63) is 40.8 Å². The van der Waals surface area contributed by atoms with E-state index in [4.69, 9.17) is 4.74 Å². The van der Waals surface area contributed by atoms with Crippen LogP contribution in [0.5, 0.6) is 5.75 Å². The third-order valence-corrected chi connectivity index (χ3v) is 6.03. The number of carbonyl (C=O) groups is 1. The summed E-state index contributed by atoms with van der Waals surface area (Å²) in [5.41, 5.74) is 4.16. The molecule has 144 valence electrons. The minimum absolute atomic E-state index is 0.0827. The first-order valence-corrected chi connectivity index (χ1v) is 10.4. The van der Waals surface area contributed by atoms with Crippen LogP contribution in [0, 0.1) is 0 Å². The van der Waals surface area contributed by atoms with Gasteiger partial charge in [0.15, 0.2) is 6.17 Å². The van der Waals surface area contributed by atoms with Gasteiger partial charge < -0.3 is 14.5 Å². The van der Waals surface area contributed by atoms with E-state index < -0.39 is 12.3 Å². The van der Waals surface area contributed by atoms with Crippen LogP contribution >= 0.6 is 11.3 Å². The number of benzene rings is 1. The van der Waals surface area contributed by atoms with Crippen LogP contribution in [0.1, 0.15) is 37.9 Å². The van der Waals surface area contributed by atoms with Gasteiger partial charge in [0.25, 0.3) is 0 Å². The van der Waals surface area contributed by atoms with E-state index in [-0.39, 0.29) is 12.5 Å². The molecule has 0 aliphatic carbocycles. The molecule has 0 spiro atoms. The molecule has 4 rings (SSSR count). The average Bonchev–Trinajstić information content (AvgIpc) is 3.35. The van der Waals surface area contributed by atoms with Crippen LogP contribution < -0.4 is 9.64 Å². The molecule has 7 heteroatoms. The Kier molecular flexibility index (Phi) is 5.29. The second-order valence-electron chi connectivity index (χ2n) is 7.18. The van der Waals surface area contributed by atoms with Crippen molar-refractivity contribution in [2.45, 2.75) is 44.5 Å². The number of hydrogen-bond donors (Lipinski definition) is 0. The average molecular weight is 389 g/mol. The van der Waals surface area contributed by atoms with Crippen molar-refractivity contribution in [2.75, 3.05) is 24.5 Å². The first-order chi connectivity index (χ1) is 13.1. The quantitative estimate of drug-likeness (QED) is 0.797. The van der Waals surface area contributed by atoms with Crippen LogP contribution in [0.4, 0.5) is 10.1 Å². The maximum Gasteiger partial charge on any atom is 0.219 e. The van der Waals surface area contributed by atoms with Crippen molar-refractivity contribution in [3.8, 4) is 5.75 Å². The van der Waals surface area contributed by atoms with Gasteiger partial charge in [0.1, 0.15) is 11.9 Å². The van der Waals surface area contributed by atoms with E-state index in [1.807, 2.05) is 29.8 Å². The molecule has 2 saturated heterocycles. The summed E-state index contributed by atoms with van der Waals surface area (Å²) in [6.07, 6.45) is 1.12. The van der Waals surface area contributed by atoms with Gasteiger partial charge in [-0.15, -0.1) is 11.3 Å². The van der Waals surface area contributed by atoms with Crippen LogP contribution in [-0.2, 0) is 4.79 Å². The number of piperidine rings is 1. The van der Waals surface area contributed by atoms with E-state index in [0.29, 0.717) is 24.8 Å². The SMILES string of the molecule is CC(=O)N1CCC(Oc2ccc(N3CCC[C@@H]3c3cscn3)cc2)C(F)C1. The molecule has 1 aromatic heterocycles. The number of alkyl halides is 1. The van der Waals surface area contributed by atoms with Gasteiger partial charge in [0, 0.05) is 37.5 Å². The van der Waals surface area contributed by atoms with E-state index >= 15 is 0 Å². The Morgan fingerprint density at radius 2 is 2.07 bits per heavy atom. The third-order valence-electron chi connectivity index (χ3n) is 5.43. The van der Waals surface area contributed by atoms with Crippen molar-refractivity contribution < 1.29 is 13.9 Å². The summed E-state index contributed by atoms with van der Waals surface area (Å²) in [4.78, 5) is 19.8. The zero-order valence-corrected chi connectivity index (χ0v) is 16.2. The van der Waals surface area contributed by atoms with Crippen LogP contribution in [0.3, 0.4) is 0 Å². The van der Waals surface area contributed by atoms with Gasteiger partial charge in [-0.1, -0.05) is 0 Å². The molecule has 1 amide bonds. The topological polar surface area (TPSA) is 45.7 Å². The van der Waals surface area contributed by atoms with Crippen molar-refractivity contribution in [1.29, 1.82) is 0 Å². The van der Waals surface area contributed by atoms with E-state index in [1.54, 1.807) is 16.2 Å². The Balaban J connectivity index is 1.40. The molecule has 3 heterocycles. The fourth-order valence-electron chi connectivity index (χ4n) is 3.96. The van der Waals surface area contributed by atoms with Crippen molar-refractivity contribution in [2.24, 2.45) is 0 Å². The molecule has 0 bridgehead atoms. The Morgan fingerprint density at radius 3 is 2.74 bits per heavy atom. The zero-order chi connectivity index (χ0) is 18.8. The summed E-state index contributed by atoms with van der Waals surface area (Å²) >= 11 is 1.63. The molecule has 27 heavy (non-hydrogen) atoms. The minimum Gasteiger partial charge on any atom is -0.487 e. The van der Waals surface area contributed by atoms with Crippen LogP contribution in [0.15, 0.2) is 35.2 Å². The molecule has 0 saturated carbocycles. The van der Waals surface area contributed by atoms with E-state index in [1.165, 1.54) is 6.92 Å². The van der Waals surface area contributed by atoms with Gasteiger partial charge >= 0.3 is 0 Å². The Hall–Kier alpha value is -2.15. The summed E-state index contributed by atoms with van der Waals surface area (Å²) in [5.74, 6) is 0.591. The highest BCUT2D eigenvalue weighted by Gasteiger charge is 2.32. The Labute approximate surface area is 162 Å². The number of amides is 1. The number of thiazole rings is 1. The number of anilines is 1. The number of nitrogens with zero attached hydrogens (tertiary/aromatic N) is 3. The van der Waals surface area contributed by atoms with E-state index in [2.05, 4.69) is 15.3 Å². The smallest absolute Gasteiger partial charge is 0.219 e. The molecular weight excluding hydrogens is 365 g/mol. The molecule has 2 unspecified atom stereocenters. The first-order valence-electron chi connectivity index (χ1n) is 9.43. The maximum absolute atomic E-state index is 14.3. The number of ether oxygens (including phenoxy) is 1. The number of likely N-dealkylation sites (tertiary alicyclic amines) is 1. The molecule has 0 radical (unpaired) electrons. The molecule has 2 aliphatic rings. The van der Waals surface area contributed by atoms with Crippen molar-refractivity contribution >= 4 is 22.9 Å². The molecule has 5 nitrogen and oxygen atoms in total. The Morgan fingerprint density at radius 1 is 1.26 bits per heavy atom. The monoisotopic (exact) mass is 389 g/mol. The fourth-order valence-corrected chi connectivity index (χ4v) is 4.56. The van der Waals surface area contributed by atoms with Crippen molar-refractivity contribution in [1.82, 2.24) is 9.88 Å². The van der Waals surface area contributed by atoms with Crippen LogP contribution in [0.2, 0.25) is 0 Å². The zero-order valence-electron chi connectivity index (χ0n) is 15.4. The standard InChI is InChI=1S/C20H24FN3O2S/c1-14(25)23-10-8-20(17(21)11-23)26-16-6-4-15(5-7-16)24-9-2-3-19(24)18-12-27-13-22-18/h4-7,12-13,17,19-20H,2-3,8-11H2,1H3/t17?,19-,20?/m1/s1. The highest BCUT2D eigenvalue weighted by atomic mass is 32.1. The van der Waals surface area contributed by atoms with Crippen LogP contribution in [0.25, 0.3) is 0 Å². The van der Waals surface area contributed by atoms with E-state index in [9.17, 15) is 9.18 Å². The molecule has 1 aromatic carbocycles. The van der Waals surface area contributed by atoms with Gasteiger partial charge in [0.05, 0.1) is 23.8 Å². The summed E-state index contributed by atoms with van der Waals surface area (Å²) in [6, 6.07) is 8.23. The predicted octanol–water partition coefficient (Wildman–Crippen LogP) is 3.82. The highest BCUT2D eigenvalue weighted by Crippen LogP contribution is 2.36. The predicted molar refractivity (Wildman–Crippen MR) is 104 cm³/mol. The minimum atomic E-state index is -1.16. The molecule has 2 aromatic rings. The normalized spacial score (nSPS) is 25.6. The second kappa shape index (κ2) is 7.84. The van der Waals surface area contributed by atoms with Gasteiger partial charge in [-0.2, -0.15) is 0 Å². The summed E-state index contributed by atoms with van der Waals surface area (Å²) in [5, 5.41) is 2.12. The second-order valence-corrected chi connectivity index (χ2v) is 7.90. The van der Waals surface area contributed by atoms with Gasteiger partial charge in [-0.25, -0.2) is 9.37 Å². The van der Waals surface area contributed by atoms with Gasteiger partial charge in [0.2, 0.25) is 5.91 Å². The lowest BCUT2D eigenvalue weighted by Crippen LogP contribution is -2.48. The molecule has 3 atom stereocenters. The lowest BCUT2D eigenvalue weighted by molar-refractivity contribution is -0.132. The number of rotatable bonds is 4. The van der Waals surface area contributed by atoms with Gasteiger partial charge in [-0.3, -0.25) is 4.79 Å². The highest BCUT2D eigenvalue weighted by molar-refractivity contribution is 7.07. The maximum atomic E-state index is 14.3. The molecular formula is C20H24FN3O2S. The number of aromatic nitrogens is 1. The Bertz CT molecular complexity index is 768. The number of hydrogen-bond acceptors (Lipinski definition) is 5. The van der Waals surface area contributed by atoms with E-state index in [0.717, 1.165) is 30.8 Å². The fraction of sp³-hybridized carbons (Fsp3) is 0.500. The molecule has 0 N–H and O–H groups in total. The lowest BCUT2D eigenvalue weighted by atomic mass is 10.1. The lowest BCUT2D eigenvalue weighted by Gasteiger charge is -2.34. The van der Waals surface area contributed by atoms with Crippen LogP contribution in [-0.4, -0.2) is 47.7 Å². The summed E-state index contributed by atoms with van der Waals surface area (Å²) < 4.78 is 20.2. The van der Waals surface area contributed by atoms with Gasteiger partial charge in [-0.05, 0) is 37.1 Å². The molecule has 2 aliphatic heterocycles. The number of halogens is 1. The first kappa shape index (κ1) is 18.2. The third kappa shape index (κ3) is 3.93. The number of carbonyl (C=O) groups excluding carboxylic acids is 1. The summed E-state index contributed by atoms with van der Waals surface area (Å²) in [7, 11) is 0. The molecule has 2 fully saturated rings. The summed E-state index contributed by atoms with van der Waals surface area (Å²) in [6.45, 7) is 3.14. The largest absolute Gasteiger partial charge is 0.487 e.